The quantitative estimate of drug-likeness (QED) is 0.749. The van der Waals surface area contributed by atoms with E-state index < -0.39 is 0 Å². The van der Waals surface area contributed by atoms with Crippen molar-refractivity contribution in [2.75, 3.05) is 35.2 Å². The maximum atomic E-state index is 5.55. The largest absolute Gasteiger partial charge is 0.368 e. The Hall–Kier alpha value is -0.970. The highest BCUT2D eigenvalue weighted by Gasteiger charge is 2.10. The van der Waals surface area contributed by atoms with Crippen molar-refractivity contribution in [2.45, 2.75) is 6.42 Å². The Bertz CT molecular complexity index is 297. The van der Waals surface area contributed by atoms with E-state index in [-0.39, 0.29) is 0 Å². The predicted molar refractivity (Wildman–Crippen MR) is 60.6 cm³/mol. The molecule has 0 amide bonds. The van der Waals surface area contributed by atoms with Crippen LogP contribution in [0.1, 0.15) is 6.42 Å². The number of nitrogens with zero attached hydrogens (tertiary/aromatic N) is 3. The van der Waals surface area contributed by atoms with E-state index in [0.29, 0.717) is 5.95 Å². The van der Waals surface area contributed by atoms with Gasteiger partial charge in [-0.2, -0.15) is 16.7 Å². The van der Waals surface area contributed by atoms with E-state index >= 15 is 0 Å². The Labute approximate surface area is 87.9 Å². The smallest absolute Gasteiger partial charge is 0.221 e. The van der Waals surface area contributed by atoms with E-state index in [9.17, 15) is 0 Å². The van der Waals surface area contributed by atoms with Gasteiger partial charge in [-0.25, -0.2) is 4.98 Å². The van der Waals surface area contributed by atoms with Crippen molar-refractivity contribution in [3.05, 3.63) is 12.3 Å². The van der Waals surface area contributed by atoms with Crippen LogP contribution < -0.4 is 10.6 Å². The zero-order chi connectivity index (χ0) is 9.80. The second kappa shape index (κ2) is 4.50. The number of aromatic nitrogens is 2. The molecule has 0 unspecified atom stereocenters. The van der Waals surface area contributed by atoms with Crippen molar-refractivity contribution in [2.24, 2.45) is 0 Å². The molecule has 0 aliphatic carbocycles. The lowest BCUT2D eigenvalue weighted by Gasteiger charge is -2.20. The highest BCUT2D eigenvalue weighted by atomic mass is 32.2. The van der Waals surface area contributed by atoms with Crippen molar-refractivity contribution in [1.82, 2.24) is 9.97 Å². The molecule has 1 aromatic rings. The van der Waals surface area contributed by atoms with Crippen molar-refractivity contribution < 1.29 is 0 Å². The van der Waals surface area contributed by atoms with Crippen molar-refractivity contribution in [3.63, 3.8) is 0 Å². The summed E-state index contributed by atoms with van der Waals surface area (Å²) in [4.78, 5) is 10.4. The summed E-state index contributed by atoms with van der Waals surface area (Å²) in [6, 6.07) is 1.92. The first-order chi connectivity index (χ1) is 6.86. The summed E-state index contributed by atoms with van der Waals surface area (Å²) in [5.74, 6) is 3.74. The van der Waals surface area contributed by atoms with E-state index in [1.165, 1.54) is 17.9 Å². The van der Waals surface area contributed by atoms with Crippen molar-refractivity contribution in [1.29, 1.82) is 0 Å². The van der Waals surface area contributed by atoms with Gasteiger partial charge in [-0.3, -0.25) is 0 Å². The molecule has 0 saturated carbocycles. The average Bonchev–Trinajstić information content (AvgIpc) is 2.45. The maximum absolute atomic E-state index is 5.55. The Morgan fingerprint density at radius 2 is 2.29 bits per heavy atom. The third-order valence-electron chi connectivity index (χ3n) is 2.21. The third kappa shape index (κ3) is 2.29. The number of nitrogen functional groups attached to an aromatic ring is 1. The van der Waals surface area contributed by atoms with Gasteiger partial charge in [-0.15, -0.1) is 0 Å². The highest BCUT2D eigenvalue weighted by Crippen LogP contribution is 2.16. The van der Waals surface area contributed by atoms with E-state index in [2.05, 4.69) is 14.9 Å². The van der Waals surface area contributed by atoms with Gasteiger partial charge in [0.15, 0.2) is 0 Å². The molecule has 1 aliphatic heterocycles. The number of anilines is 2. The zero-order valence-electron chi connectivity index (χ0n) is 8.02. The van der Waals surface area contributed by atoms with Crippen LogP contribution in [0, 0.1) is 0 Å². The van der Waals surface area contributed by atoms with E-state index in [1.54, 1.807) is 6.20 Å². The first-order valence-corrected chi connectivity index (χ1v) is 5.93. The van der Waals surface area contributed by atoms with Crippen LogP contribution in [0.3, 0.4) is 0 Å². The molecule has 0 atom stereocenters. The van der Waals surface area contributed by atoms with Crippen LogP contribution in [0.25, 0.3) is 0 Å². The molecule has 4 nitrogen and oxygen atoms in total. The van der Waals surface area contributed by atoms with Crippen LogP contribution in [0.15, 0.2) is 12.3 Å². The zero-order valence-corrected chi connectivity index (χ0v) is 8.83. The first kappa shape index (κ1) is 9.58. The van der Waals surface area contributed by atoms with Gasteiger partial charge in [0, 0.05) is 25.0 Å². The molecule has 1 fully saturated rings. The van der Waals surface area contributed by atoms with Crippen LogP contribution in [-0.2, 0) is 0 Å². The summed E-state index contributed by atoms with van der Waals surface area (Å²) in [6.45, 7) is 2.13. The molecular weight excluding hydrogens is 196 g/mol. The molecule has 2 N–H and O–H groups in total. The molecule has 0 bridgehead atoms. The molecule has 1 aliphatic rings. The molecule has 0 radical (unpaired) electrons. The second-order valence-corrected chi connectivity index (χ2v) is 4.45. The summed E-state index contributed by atoms with van der Waals surface area (Å²) in [7, 11) is 0. The summed E-state index contributed by atoms with van der Waals surface area (Å²) < 4.78 is 0. The van der Waals surface area contributed by atoms with E-state index in [4.69, 9.17) is 5.73 Å². The summed E-state index contributed by atoms with van der Waals surface area (Å²) >= 11 is 2.00. The normalized spacial score (nSPS) is 17.9. The first-order valence-electron chi connectivity index (χ1n) is 4.77. The fourth-order valence-corrected chi connectivity index (χ4v) is 2.40. The molecule has 2 rings (SSSR count). The number of hydrogen-bond donors (Lipinski definition) is 1. The van der Waals surface area contributed by atoms with Crippen LogP contribution in [-0.4, -0.2) is 34.6 Å². The van der Waals surface area contributed by atoms with Gasteiger partial charge in [0.05, 0.1) is 0 Å². The lowest BCUT2D eigenvalue weighted by Crippen LogP contribution is -2.26. The molecule has 76 valence electrons. The van der Waals surface area contributed by atoms with Gasteiger partial charge in [0.2, 0.25) is 5.95 Å². The Morgan fingerprint density at radius 3 is 3.14 bits per heavy atom. The third-order valence-corrected chi connectivity index (χ3v) is 3.25. The number of hydrogen-bond acceptors (Lipinski definition) is 5. The minimum atomic E-state index is 0.361. The van der Waals surface area contributed by atoms with Gasteiger partial charge in [0.25, 0.3) is 0 Å². The SMILES string of the molecule is Nc1nccc(N2CCCSCC2)n1. The average molecular weight is 210 g/mol. The van der Waals surface area contributed by atoms with Crippen molar-refractivity contribution >= 4 is 23.5 Å². The minimum absolute atomic E-state index is 0.361. The maximum Gasteiger partial charge on any atom is 0.221 e. The van der Waals surface area contributed by atoms with Gasteiger partial charge < -0.3 is 10.6 Å². The standard InChI is InChI=1S/C9H14N4S/c10-9-11-3-2-8(12-9)13-4-1-6-14-7-5-13/h2-3H,1,4-7H2,(H2,10,11,12). The Kier molecular flexibility index (Phi) is 3.08. The fourth-order valence-electron chi connectivity index (χ4n) is 1.52. The second-order valence-electron chi connectivity index (χ2n) is 3.23. The van der Waals surface area contributed by atoms with Gasteiger partial charge >= 0.3 is 0 Å². The Balaban J connectivity index is 2.12. The molecule has 5 heteroatoms. The highest BCUT2D eigenvalue weighted by molar-refractivity contribution is 7.99. The monoisotopic (exact) mass is 210 g/mol. The topological polar surface area (TPSA) is 55.0 Å². The molecule has 0 aromatic carbocycles. The molecule has 0 spiro atoms. The predicted octanol–water partition coefficient (Wildman–Crippen LogP) is 1.00. The molecular formula is C9H14N4S. The van der Waals surface area contributed by atoms with Gasteiger partial charge in [-0.1, -0.05) is 0 Å². The van der Waals surface area contributed by atoms with Crippen molar-refractivity contribution in [3.8, 4) is 0 Å². The fraction of sp³-hybridized carbons (Fsp3) is 0.556. The lowest BCUT2D eigenvalue weighted by atomic mass is 10.4. The molecule has 1 aromatic heterocycles. The summed E-state index contributed by atoms with van der Waals surface area (Å²) in [5, 5.41) is 0. The summed E-state index contributed by atoms with van der Waals surface area (Å²) in [6.07, 6.45) is 2.93. The van der Waals surface area contributed by atoms with Gasteiger partial charge in [-0.05, 0) is 18.2 Å². The van der Waals surface area contributed by atoms with Crippen LogP contribution in [0.4, 0.5) is 11.8 Å². The van der Waals surface area contributed by atoms with Crippen LogP contribution in [0.2, 0.25) is 0 Å². The summed E-state index contributed by atoms with van der Waals surface area (Å²) in [5.41, 5.74) is 5.55. The lowest BCUT2D eigenvalue weighted by molar-refractivity contribution is 0.800. The van der Waals surface area contributed by atoms with E-state index in [0.717, 1.165) is 18.9 Å². The molecule has 1 saturated heterocycles. The van der Waals surface area contributed by atoms with Crippen LogP contribution in [0.5, 0.6) is 0 Å². The molecule has 2 heterocycles. The number of thioether (sulfide) groups is 1. The Morgan fingerprint density at radius 1 is 1.36 bits per heavy atom. The minimum Gasteiger partial charge on any atom is -0.368 e. The number of rotatable bonds is 1. The molecule has 14 heavy (non-hydrogen) atoms. The van der Waals surface area contributed by atoms with E-state index in [1.807, 2.05) is 17.8 Å². The van der Waals surface area contributed by atoms with Gasteiger partial charge in [0.1, 0.15) is 5.82 Å². The number of nitrogens with two attached hydrogens (primary N) is 1. The van der Waals surface area contributed by atoms with Crippen LogP contribution >= 0.6 is 11.8 Å².